The van der Waals surface area contributed by atoms with Crippen LogP contribution in [0.5, 0.6) is 5.88 Å². The van der Waals surface area contributed by atoms with Crippen molar-refractivity contribution in [3.8, 4) is 5.88 Å². The maximum atomic E-state index is 5.09. The predicted molar refractivity (Wildman–Crippen MR) is 56.8 cm³/mol. The third-order valence-corrected chi connectivity index (χ3v) is 2.74. The first-order valence-corrected chi connectivity index (χ1v) is 5.14. The summed E-state index contributed by atoms with van der Waals surface area (Å²) in [5.74, 6) is 0.709. The molecule has 1 aromatic heterocycles. The Kier molecular flexibility index (Phi) is 2.57. The number of aromatic nitrogens is 1. The Bertz CT molecular complexity index is 325. The summed E-state index contributed by atoms with van der Waals surface area (Å²) in [5, 5.41) is 3.48. The number of pyridine rings is 1. The van der Waals surface area contributed by atoms with Crippen LogP contribution in [-0.4, -0.2) is 18.1 Å². The highest BCUT2D eigenvalue weighted by Gasteiger charge is 2.17. The Morgan fingerprint density at radius 1 is 1.57 bits per heavy atom. The van der Waals surface area contributed by atoms with Gasteiger partial charge in [-0.05, 0) is 25.3 Å². The second kappa shape index (κ2) is 3.86. The fraction of sp³-hybridized carbons (Fsp3) is 0.545. The van der Waals surface area contributed by atoms with Crippen LogP contribution in [0.25, 0.3) is 0 Å². The lowest BCUT2D eigenvalue weighted by molar-refractivity contribution is 0.395. The summed E-state index contributed by atoms with van der Waals surface area (Å²) < 4.78 is 5.09. The van der Waals surface area contributed by atoms with Gasteiger partial charge in [0.25, 0.3) is 0 Å². The van der Waals surface area contributed by atoms with E-state index in [1.54, 1.807) is 7.11 Å². The van der Waals surface area contributed by atoms with Crippen molar-refractivity contribution >= 4 is 5.69 Å². The predicted octanol–water partition coefficient (Wildman–Crippen LogP) is 2.23. The molecule has 0 saturated carbocycles. The van der Waals surface area contributed by atoms with Crippen molar-refractivity contribution in [1.82, 2.24) is 4.98 Å². The second-order valence-electron chi connectivity index (χ2n) is 3.64. The van der Waals surface area contributed by atoms with E-state index in [1.807, 2.05) is 6.07 Å². The minimum absolute atomic E-state index is 0.609. The molecule has 0 saturated heterocycles. The van der Waals surface area contributed by atoms with Crippen LogP contribution in [0, 0.1) is 0 Å². The lowest BCUT2D eigenvalue weighted by Gasteiger charge is -2.25. The highest BCUT2D eigenvalue weighted by Crippen LogP contribution is 2.26. The van der Waals surface area contributed by atoms with E-state index in [4.69, 9.17) is 4.74 Å². The quantitative estimate of drug-likeness (QED) is 0.780. The molecule has 76 valence electrons. The number of anilines is 1. The van der Waals surface area contributed by atoms with Gasteiger partial charge in [-0.1, -0.05) is 6.92 Å². The number of hydrogen-bond donors (Lipinski definition) is 1. The van der Waals surface area contributed by atoms with E-state index in [-0.39, 0.29) is 0 Å². The third-order valence-electron chi connectivity index (χ3n) is 2.74. The SMILES string of the molecule is CC[C@@H]1CCc2nc(OC)ccc2N1. The van der Waals surface area contributed by atoms with E-state index >= 15 is 0 Å². The maximum absolute atomic E-state index is 5.09. The van der Waals surface area contributed by atoms with Crippen molar-refractivity contribution in [2.75, 3.05) is 12.4 Å². The van der Waals surface area contributed by atoms with Crippen LogP contribution in [-0.2, 0) is 6.42 Å². The van der Waals surface area contributed by atoms with Gasteiger partial charge < -0.3 is 10.1 Å². The zero-order chi connectivity index (χ0) is 9.97. The van der Waals surface area contributed by atoms with Gasteiger partial charge in [0.1, 0.15) is 0 Å². The van der Waals surface area contributed by atoms with E-state index < -0.39 is 0 Å². The van der Waals surface area contributed by atoms with E-state index in [0.29, 0.717) is 11.9 Å². The molecule has 3 heteroatoms. The van der Waals surface area contributed by atoms with Crippen molar-refractivity contribution < 1.29 is 4.74 Å². The van der Waals surface area contributed by atoms with Crippen molar-refractivity contribution in [2.45, 2.75) is 32.2 Å². The summed E-state index contributed by atoms with van der Waals surface area (Å²) in [6.07, 6.45) is 3.40. The molecule has 0 aliphatic carbocycles. The average Bonchev–Trinajstić information content (AvgIpc) is 2.27. The van der Waals surface area contributed by atoms with Gasteiger partial charge >= 0.3 is 0 Å². The zero-order valence-corrected chi connectivity index (χ0v) is 8.71. The molecule has 1 N–H and O–H groups in total. The number of nitrogens with zero attached hydrogens (tertiary/aromatic N) is 1. The third kappa shape index (κ3) is 1.67. The number of rotatable bonds is 2. The molecule has 0 amide bonds. The second-order valence-corrected chi connectivity index (χ2v) is 3.64. The molecule has 1 aliphatic rings. The van der Waals surface area contributed by atoms with Gasteiger partial charge in [-0.2, -0.15) is 0 Å². The highest BCUT2D eigenvalue weighted by atomic mass is 16.5. The van der Waals surface area contributed by atoms with E-state index in [2.05, 4.69) is 23.3 Å². The molecule has 1 atom stereocenters. The van der Waals surface area contributed by atoms with Gasteiger partial charge in [0.2, 0.25) is 5.88 Å². The molecule has 2 rings (SSSR count). The van der Waals surface area contributed by atoms with Gasteiger partial charge in [0.05, 0.1) is 18.5 Å². The Morgan fingerprint density at radius 2 is 2.43 bits per heavy atom. The smallest absolute Gasteiger partial charge is 0.213 e. The van der Waals surface area contributed by atoms with Crippen molar-refractivity contribution in [3.63, 3.8) is 0 Å². The van der Waals surface area contributed by atoms with Crippen LogP contribution >= 0.6 is 0 Å². The van der Waals surface area contributed by atoms with Gasteiger partial charge in [0.15, 0.2) is 0 Å². The zero-order valence-electron chi connectivity index (χ0n) is 8.71. The summed E-state index contributed by atoms with van der Waals surface area (Å²) in [7, 11) is 1.65. The Morgan fingerprint density at radius 3 is 3.14 bits per heavy atom. The van der Waals surface area contributed by atoms with E-state index in [1.165, 1.54) is 18.5 Å². The number of fused-ring (bicyclic) bond motifs is 1. The van der Waals surface area contributed by atoms with Gasteiger partial charge in [-0.25, -0.2) is 4.98 Å². The molecule has 2 heterocycles. The van der Waals surface area contributed by atoms with E-state index in [0.717, 1.165) is 12.1 Å². The van der Waals surface area contributed by atoms with Gasteiger partial charge in [-0.3, -0.25) is 0 Å². The lowest BCUT2D eigenvalue weighted by atomic mass is 10.0. The molecular weight excluding hydrogens is 176 g/mol. The van der Waals surface area contributed by atoms with Crippen molar-refractivity contribution in [1.29, 1.82) is 0 Å². The van der Waals surface area contributed by atoms with Crippen LogP contribution in [0.4, 0.5) is 5.69 Å². The summed E-state index contributed by atoms with van der Waals surface area (Å²) in [4.78, 5) is 4.42. The highest BCUT2D eigenvalue weighted by molar-refractivity contribution is 5.51. The molecule has 0 unspecified atom stereocenters. The van der Waals surface area contributed by atoms with E-state index in [9.17, 15) is 0 Å². The molecule has 0 radical (unpaired) electrons. The fourth-order valence-electron chi connectivity index (χ4n) is 1.83. The average molecular weight is 192 g/mol. The van der Waals surface area contributed by atoms with Crippen LogP contribution in [0.15, 0.2) is 12.1 Å². The molecule has 3 nitrogen and oxygen atoms in total. The normalized spacial score (nSPS) is 19.7. The first-order chi connectivity index (χ1) is 6.83. The topological polar surface area (TPSA) is 34.1 Å². The molecular formula is C11H16N2O. The standard InChI is InChI=1S/C11H16N2O/c1-3-8-4-5-10-9(12-8)6-7-11(13-10)14-2/h6-8,12H,3-5H2,1-2H3/t8-/m1/s1. The van der Waals surface area contributed by atoms with Crippen LogP contribution in [0.1, 0.15) is 25.5 Å². The number of methoxy groups -OCH3 is 1. The van der Waals surface area contributed by atoms with Crippen molar-refractivity contribution in [2.24, 2.45) is 0 Å². The number of hydrogen-bond acceptors (Lipinski definition) is 3. The molecule has 0 aromatic carbocycles. The number of aryl methyl sites for hydroxylation is 1. The molecule has 0 spiro atoms. The van der Waals surface area contributed by atoms with Crippen molar-refractivity contribution in [3.05, 3.63) is 17.8 Å². The fourth-order valence-corrected chi connectivity index (χ4v) is 1.83. The Balaban J connectivity index is 2.23. The summed E-state index contributed by atoms with van der Waals surface area (Å²) in [6.45, 7) is 2.21. The van der Waals surface area contributed by atoms with Gasteiger partial charge in [0, 0.05) is 12.1 Å². The largest absolute Gasteiger partial charge is 0.481 e. The minimum Gasteiger partial charge on any atom is -0.481 e. The van der Waals surface area contributed by atoms with Crippen LogP contribution in [0.3, 0.4) is 0 Å². The number of nitrogens with one attached hydrogen (secondary N) is 1. The first-order valence-electron chi connectivity index (χ1n) is 5.14. The summed E-state index contributed by atoms with van der Waals surface area (Å²) >= 11 is 0. The lowest BCUT2D eigenvalue weighted by Crippen LogP contribution is -2.25. The summed E-state index contributed by atoms with van der Waals surface area (Å²) in [6, 6.07) is 4.57. The monoisotopic (exact) mass is 192 g/mol. The number of ether oxygens (including phenoxy) is 1. The minimum atomic E-state index is 0.609. The summed E-state index contributed by atoms with van der Waals surface area (Å²) in [5.41, 5.74) is 2.30. The van der Waals surface area contributed by atoms with Gasteiger partial charge in [-0.15, -0.1) is 0 Å². The Hall–Kier alpha value is -1.25. The first kappa shape index (κ1) is 9.31. The maximum Gasteiger partial charge on any atom is 0.213 e. The van der Waals surface area contributed by atoms with Crippen LogP contribution < -0.4 is 10.1 Å². The molecule has 0 bridgehead atoms. The molecule has 1 aromatic rings. The molecule has 0 fully saturated rings. The van der Waals surface area contributed by atoms with Crippen LogP contribution in [0.2, 0.25) is 0 Å². The Labute approximate surface area is 84.5 Å². The molecule has 1 aliphatic heterocycles. The molecule has 14 heavy (non-hydrogen) atoms.